The van der Waals surface area contributed by atoms with Gasteiger partial charge in [-0.25, -0.2) is 4.98 Å². The zero-order valence-electron chi connectivity index (χ0n) is 10.9. The number of carbonyl (C=O) groups excluding carboxylic acids is 2. The summed E-state index contributed by atoms with van der Waals surface area (Å²) < 4.78 is 0. The first-order valence-corrected chi connectivity index (χ1v) is 7.06. The number of hydrogen-bond donors (Lipinski definition) is 0. The van der Waals surface area contributed by atoms with Gasteiger partial charge in [-0.2, -0.15) is 0 Å². The molecular formula is C12H14ClN3O2S. The monoisotopic (exact) mass is 299 g/mol. The summed E-state index contributed by atoms with van der Waals surface area (Å²) in [6.45, 7) is 2.89. The number of thiazole rings is 1. The van der Waals surface area contributed by atoms with Gasteiger partial charge in [-0.05, 0) is 21.0 Å². The lowest BCUT2D eigenvalue weighted by atomic mass is 9.97. The van der Waals surface area contributed by atoms with Crippen LogP contribution in [0.15, 0.2) is 4.99 Å². The Morgan fingerprint density at radius 1 is 1.42 bits per heavy atom. The van der Waals surface area contributed by atoms with Crippen molar-refractivity contribution in [1.29, 1.82) is 0 Å². The van der Waals surface area contributed by atoms with E-state index in [2.05, 4.69) is 9.98 Å². The molecule has 1 unspecified atom stereocenters. The van der Waals surface area contributed by atoms with Crippen LogP contribution in [-0.4, -0.2) is 59.7 Å². The highest BCUT2D eigenvalue weighted by molar-refractivity contribution is 7.14. The lowest BCUT2D eigenvalue weighted by Gasteiger charge is -2.16. The van der Waals surface area contributed by atoms with Crippen molar-refractivity contribution in [2.24, 2.45) is 4.99 Å². The van der Waals surface area contributed by atoms with E-state index in [-0.39, 0.29) is 23.0 Å². The Morgan fingerprint density at radius 2 is 2.11 bits per heavy atom. The first kappa shape index (κ1) is 14.3. The van der Waals surface area contributed by atoms with Crippen LogP contribution in [-0.2, 0) is 0 Å². The second kappa shape index (κ2) is 5.48. The Bertz CT molecular complexity index is 565. The topological polar surface area (TPSA) is 62.6 Å². The molecule has 19 heavy (non-hydrogen) atoms. The SMILES string of the molecule is Cc1nc2c(s1)C(=O)C(Cl)C(=NCCN(C)C)C2=O. The zero-order chi connectivity index (χ0) is 14.2. The molecule has 1 atom stereocenters. The molecule has 1 aliphatic rings. The summed E-state index contributed by atoms with van der Waals surface area (Å²) in [6.07, 6.45) is 0. The van der Waals surface area contributed by atoms with E-state index in [0.29, 0.717) is 23.0 Å². The fourth-order valence-electron chi connectivity index (χ4n) is 1.75. The van der Waals surface area contributed by atoms with Crippen molar-refractivity contribution in [2.75, 3.05) is 27.2 Å². The summed E-state index contributed by atoms with van der Waals surface area (Å²) in [5, 5.41) is -0.299. The Balaban J connectivity index is 2.33. The van der Waals surface area contributed by atoms with Crippen LogP contribution in [0.1, 0.15) is 25.2 Å². The maximum absolute atomic E-state index is 12.2. The number of aromatic nitrogens is 1. The fourth-order valence-corrected chi connectivity index (χ4v) is 2.97. The lowest BCUT2D eigenvalue weighted by Crippen LogP contribution is -2.38. The van der Waals surface area contributed by atoms with E-state index in [1.807, 2.05) is 19.0 Å². The maximum atomic E-state index is 12.2. The molecule has 7 heteroatoms. The minimum absolute atomic E-state index is 0.117. The van der Waals surface area contributed by atoms with Crippen LogP contribution in [0, 0.1) is 6.92 Å². The summed E-state index contributed by atoms with van der Waals surface area (Å²) >= 11 is 7.25. The molecule has 0 aromatic carbocycles. The van der Waals surface area contributed by atoms with E-state index in [1.54, 1.807) is 6.92 Å². The number of ketones is 2. The van der Waals surface area contributed by atoms with Gasteiger partial charge in [-0.1, -0.05) is 0 Å². The average Bonchev–Trinajstić information content (AvgIpc) is 2.73. The molecule has 1 heterocycles. The van der Waals surface area contributed by atoms with Gasteiger partial charge in [-0.15, -0.1) is 22.9 Å². The molecule has 5 nitrogen and oxygen atoms in total. The molecule has 0 fully saturated rings. The summed E-state index contributed by atoms with van der Waals surface area (Å²) in [6, 6.07) is 0. The molecule has 0 bridgehead atoms. The van der Waals surface area contributed by atoms with E-state index in [0.717, 1.165) is 0 Å². The highest BCUT2D eigenvalue weighted by Crippen LogP contribution is 2.28. The number of aliphatic imine (C=N–C) groups is 1. The Hall–Kier alpha value is -1.11. The molecule has 0 saturated heterocycles. The van der Waals surface area contributed by atoms with Crippen molar-refractivity contribution in [2.45, 2.75) is 12.3 Å². The van der Waals surface area contributed by atoms with E-state index in [1.165, 1.54) is 11.3 Å². The summed E-state index contributed by atoms with van der Waals surface area (Å²) in [5.74, 6) is -0.594. The van der Waals surface area contributed by atoms with Crippen molar-refractivity contribution < 1.29 is 9.59 Å². The molecule has 1 aromatic heterocycles. The van der Waals surface area contributed by atoms with Gasteiger partial charge in [0.25, 0.3) is 0 Å². The summed E-state index contributed by atoms with van der Waals surface area (Å²) in [4.78, 5) is 34.9. The molecular weight excluding hydrogens is 286 g/mol. The van der Waals surface area contributed by atoms with Crippen LogP contribution in [0.3, 0.4) is 0 Å². The van der Waals surface area contributed by atoms with Crippen molar-refractivity contribution in [3.63, 3.8) is 0 Å². The molecule has 2 rings (SSSR count). The van der Waals surface area contributed by atoms with Crippen molar-refractivity contribution in [1.82, 2.24) is 9.88 Å². The first-order chi connectivity index (χ1) is 8.91. The van der Waals surface area contributed by atoms with Crippen molar-refractivity contribution in [3.8, 4) is 0 Å². The number of alkyl halides is 1. The van der Waals surface area contributed by atoms with E-state index in [9.17, 15) is 9.59 Å². The third-order valence-electron chi connectivity index (χ3n) is 2.71. The maximum Gasteiger partial charge on any atom is 0.228 e. The minimum Gasteiger partial charge on any atom is -0.308 e. The highest BCUT2D eigenvalue weighted by Gasteiger charge is 2.39. The van der Waals surface area contributed by atoms with E-state index in [4.69, 9.17) is 11.6 Å². The number of aryl methyl sites for hydroxylation is 1. The molecule has 0 radical (unpaired) electrons. The number of halogens is 1. The lowest BCUT2D eigenvalue weighted by molar-refractivity contribution is 0.0969. The molecule has 0 N–H and O–H groups in total. The third kappa shape index (κ3) is 2.75. The molecule has 1 aromatic rings. The van der Waals surface area contributed by atoms with Gasteiger partial charge in [0.05, 0.1) is 11.6 Å². The molecule has 0 amide bonds. The van der Waals surface area contributed by atoms with Gasteiger partial charge >= 0.3 is 0 Å². The van der Waals surface area contributed by atoms with Gasteiger partial charge in [0.2, 0.25) is 5.78 Å². The van der Waals surface area contributed by atoms with Crippen LogP contribution in [0.5, 0.6) is 0 Å². The van der Waals surface area contributed by atoms with Gasteiger partial charge in [0.1, 0.15) is 21.7 Å². The van der Waals surface area contributed by atoms with Crippen LogP contribution in [0.4, 0.5) is 0 Å². The van der Waals surface area contributed by atoms with E-state index < -0.39 is 5.38 Å². The van der Waals surface area contributed by atoms with Gasteiger partial charge in [0.15, 0.2) is 5.78 Å². The fraction of sp³-hybridized carbons (Fsp3) is 0.500. The predicted molar refractivity (Wildman–Crippen MR) is 76.0 cm³/mol. The van der Waals surface area contributed by atoms with Crippen molar-refractivity contribution >= 4 is 40.2 Å². The quantitative estimate of drug-likeness (QED) is 0.792. The molecule has 0 spiro atoms. The zero-order valence-corrected chi connectivity index (χ0v) is 12.5. The average molecular weight is 300 g/mol. The minimum atomic E-state index is -0.984. The Labute approximate surface area is 120 Å². The van der Waals surface area contributed by atoms with Gasteiger partial charge in [0, 0.05) is 6.54 Å². The predicted octanol–water partition coefficient (Wildman–Crippen LogP) is 1.44. The van der Waals surface area contributed by atoms with Crippen LogP contribution in [0.25, 0.3) is 0 Å². The second-order valence-corrected chi connectivity index (χ2v) is 6.18. The summed E-state index contributed by atoms with van der Waals surface area (Å²) in [7, 11) is 3.82. The van der Waals surface area contributed by atoms with Crippen LogP contribution < -0.4 is 0 Å². The molecule has 0 aliphatic heterocycles. The first-order valence-electron chi connectivity index (χ1n) is 5.81. The number of rotatable bonds is 3. The van der Waals surface area contributed by atoms with E-state index >= 15 is 0 Å². The standard InChI is InChI=1S/C12H14ClN3O2S/c1-6-15-9-11(18)8(14-4-5-16(2)3)7(13)10(17)12(9)19-6/h7H,4-5H2,1-3H3. The van der Waals surface area contributed by atoms with Gasteiger partial charge in [-0.3, -0.25) is 14.6 Å². The number of fused-ring (bicyclic) bond motifs is 1. The molecule has 0 saturated carbocycles. The normalized spacial score (nSPS) is 21.3. The number of hydrogen-bond acceptors (Lipinski definition) is 6. The Morgan fingerprint density at radius 3 is 2.74 bits per heavy atom. The number of likely N-dealkylation sites (N-methyl/N-ethyl adjacent to an activating group) is 1. The largest absolute Gasteiger partial charge is 0.308 e. The third-order valence-corrected chi connectivity index (χ3v) is 4.10. The molecule has 102 valence electrons. The summed E-state index contributed by atoms with van der Waals surface area (Å²) in [5.41, 5.74) is 0.319. The number of carbonyl (C=O) groups is 2. The molecule has 1 aliphatic carbocycles. The van der Waals surface area contributed by atoms with Gasteiger partial charge < -0.3 is 4.90 Å². The number of Topliss-reactive ketones (excluding diaryl/α,β-unsaturated/α-hetero) is 2. The highest BCUT2D eigenvalue weighted by atomic mass is 35.5. The number of nitrogens with zero attached hydrogens (tertiary/aromatic N) is 3. The van der Waals surface area contributed by atoms with Crippen molar-refractivity contribution in [3.05, 3.63) is 15.6 Å². The van der Waals surface area contributed by atoms with Crippen LogP contribution >= 0.6 is 22.9 Å². The smallest absolute Gasteiger partial charge is 0.228 e. The second-order valence-electron chi connectivity index (χ2n) is 4.54. The van der Waals surface area contributed by atoms with Crippen LogP contribution in [0.2, 0.25) is 0 Å². The Kier molecular flexibility index (Phi) is 4.13.